The molecule has 21 heavy (non-hydrogen) atoms. The lowest BCUT2D eigenvalue weighted by molar-refractivity contribution is -0.179. The lowest BCUT2D eigenvalue weighted by Gasteiger charge is -2.53. The van der Waals surface area contributed by atoms with E-state index in [0.29, 0.717) is 5.41 Å². The van der Waals surface area contributed by atoms with Crippen molar-refractivity contribution >= 4 is 0 Å². The second-order valence-electron chi connectivity index (χ2n) is 7.18. The first-order chi connectivity index (χ1) is 10.1. The van der Waals surface area contributed by atoms with Crippen LogP contribution in [0.2, 0.25) is 0 Å². The molecule has 116 valence electrons. The van der Waals surface area contributed by atoms with Gasteiger partial charge in [-0.3, -0.25) is 4.98 Å². The number of nitrogens with zero attached hydrogens (tertiary/aromatic N) is 2. The van der Waals surface area contributed by atoms with Gasteiger partial charge in [0.05, 0.1) is 12.2 Å². The third-order valence-electron chi connectivity index (χ3n) is 5.51. The molecule has 3 nitrogen and oxygen atoms in total. The molecule has 0 spiro atoms. The van der Waals surface area contributed by atoms with Crippen molar-refractivity contribution in [3.05, 3.63) is 30.1 Å². The Morgan fingerprint density at radius 2 is 2.05 bits per heavy atom. The molecule has 1 saturated carbocycles. The van der Waals surface area contributed by atoms with Crippen LogP contribution in [0.3, 0.4) is 0 Å². The van der Waals surface area contributed by atoms with Crippen LogP contribution in [0.4, 0.5) is 0 Å². The molecule has 0 atom stereocenters. The van der Waals surface area contributed by atoms with Gasteiger partial charge in [-0.05, 0) is 51.3 Å². The molecular formula is C18H28N2O. The molecule has 1 aliphatic carbocycles. The molecule has 0 amide bonds. The van der Waals surface area contributed by atoms with Gasteiger partial charge >= 0.3 is 0 Å². The first kappa shape index (κ1) is 15.0. The highest BCUT2D eigenvalue weighted by atomic mass is 16.5. The smallest absolute Gasteiger partial charge is 0.0655 e. The van der Waals surface area contributed by atoms with Crippen LogP contribution in [0.15, 0.2) is 24.4 Å². The van der Waals surface area contributed by atoms with E-state index in [-0.39, 0.29) is 5.60 Å². The molecule has 0 aromatic carbocycles. The molecular weight excluding hydrogens is 260 g/mol. The summed E-state index contributed by atoms with van der Waals surface area (Å²) in [7, 11) is 0. The van der Waals surface area contributed by atoms with Gasteiger partial charge in [0, 0.05) is 36.8 Å². The predicted molar refractivity (Wildman–Crippen MR) is 85.3 cm³/mol. The fourth-order valence-electron chi connectivity index (χ4n) is 3.77. The zero-order chi connectivity index (χ0) is 14.8. The summed E-state index contributed by atoms with van der Waals surface area (Å²) in [5.74, 6) is 0. The SMILES string of the molecule is CCN(CCc1ccccn1)CC12CCC(C)(CC1)OC2. The van der Waals surface area contributed by atoms with E-state index in [4.69, 9.17) is 4.74 Å². The lowest BCUT2D eigenvalue weighted by Crippen LogP contribution is -2.54. The van der Waals surface area contributed by atoms with E-state index in [1.165, 1.54) is 37.9 Å². The number of ether oxygens (including phenoxy) is 1. The standard InChI is InChI=1S/C18H28N2O/c1-3-20(13-7-16-6-4-5-12-19-16)14-18-10-8-17(2,9-11-18)21-15-18/h4-6,12H,3,7-11,13-15H2,1-2H3. The number of likely N-dealkylation sites (N-methyl/N-ethyl adjacent to an activating group) is 1. The van der Waals surface area contributed by atoms with Gasteiger partial charge in [-0.1, -0.05) is 13.0 Å². The topological polar surface area (TPSA) is 25.4 Å². The van der Waals surface area contributed by atoms with Gasteiger partial charge in [0.15, 0.2) is 0 Å². The van der Waals surface area contributed by atoms with Crippen LogP contribution in [0.5, 0.6) is 0 Å². The van der Waals surface area contributed by atoms with Crippen molar-refractivity contribution in [1.29, 1.82) is 0 Å². The molecule has 2 bridgehead atoms. The molecule has 0 radical (unpaired) electrons. The van der Waals surface area contributed by atoms with Crippen LogP contribution < -0.4 is 0 Å². The van der Waals surface area contributed by atoms with E-state index in [2.05, 4.69) is 35.9 Å². The molecule has 3 fully saturated rings. The molecule has 2 saturated heterocycles. The van der Waals surface area contributed by atoms with Gasteiger partial charge in [0.25, 0.3) is 0 Å². The van der Waals surface area contributed by atoms with Crippen LogP contribution in [-0.2, 0) is 11.2 Å². The molecule has 0 N–H and O–H groups in total. The maximum absolute atomic E-state index is 6.14. The summed E-state index contributed by atoms with van der Waals surface area (Å²) in [6.45, 7) is 8.93. The molecule has 3 heteroatoms. The number of fused-ring (bicyclic) bond motifs is 3. The molecule has 2 aliphatic heterocycles. The van der Waals surface area contributed by atoms with Crippen LogP contribution in [-0.4, -0.2) is 41.7 Å². The number of hydrogen-bond acceptors (Lipinski definition) is 3. The van der Waals surface area contributed by atoms with E-state index in [9.17, 15) is 0 Å². The largest absolute Gasteiger partial charge is 0.375 e. The monoisotopic (exact) mass is 288 g/mol. The van der Waals surface area contributed by atoms with Crippen molar-refractivity contribution in [2.45, 2.75) is 51.6 Å². The zero-order valence-corrected chi connectivity index (χ0v) is 13.5. The molecule has 0 unspecified atom stereocenters. The molecule has 3 aliphatic rings. The van der Waals surface area contributed by atoms with Gasteiger partial charge in [0.2, 0.25) is 0 Å². The first-order valence-corrected chi connectivity index (χ1v) is 8.39. The van der Waals surface area contributed by atoms with Crippen molar-refractivity contribution in [2.75, 3.05) is 26.2 Å². The zero-order valence-electron chi connectivity index (χ0n) is 13.5. The number of aromatic nitrogens is 1. The minimum absolute atomic E-state index is 0.187. The van der Waals surface area contributed by atoms with Gasteiger partial charge in [0.1, 0.15) is 0 Å². The van der Waals surface area contributed by atoms with E-state index >= 15 is 0 Å². The third kappa shape index (κ3) is 3.46. The van der Waals surface area contributed by atoms with Gasteiger partial charge < -0.3 is 9.64 Å². The summed E-state index contributed by atoms with van der Waals surface area (Å²) >= 11 is 0. The summed E-state index contributed by atoms with van der Waals surface area (Å²) < 4.78 is 6.14. The summed E-state index contributed by atoms with van der Waals surface area (Å²) in [5.41, 5.74) is 1.80. The molecule has 3 heterocycles. The van der Waals surface area contributed by atoms with Crippen LogP contribution in [0.25, 0.3) is 0 Å². The normalized spacial score (nSPS) is 31.8. The Morgan fingerprint density at radius 3 is 2.62 bits per heavy atom. The second-order valence-corrected chi connectivity index (χ2v) is 7.18. The van der Waals surface area contributed by atoms with Crippen molar-refractivity contribution in [2.24, 2.45) is 5.41 Å². The van der Waals surface area contributed by atoms with Gasteiger partial charge in [-0.2, -0.15) is 0 Å². The first-order valence-electron chi connectivity index (χ1n) is 8.39. The van der Waals surface area contributed by atoms with Crippen molar-refractivity contribution in [3.8, 4) is 0 Å². The van der Waals surface area contributed by atoms with Crippen LogP contribution in [0, 0.1) is 5.41 Å². The Hall–Kier alpha value is -0.930. The number of pyridine rings is 1. The highest BCUT2D eigenvalue weighted by Gasteiger charge is 2.47. The Bertz CT molecular complexity index is 435. The van der Waals surface area contributed by atoms with E-state index in [0.717, 1.165) is 26.1 Å². The quantitative estimate of drug-likeness (QED) is 0.803. The fraction of sp³-hybridized carbons (Fsp3) is 0.722. The average molecular weight is 288 g/mol. The number of rotatable bonds is 6. The fourth-order valence-corrected chi connectivity index (χ4v) is 3.77. The van der Waals surface area contributed by atoms with Crippen molar-refractivity contribution in [1.82, 2.24) is 9.88 Å². The highest BCUT2D eigenvalue weighted by Crippen LogP contribution is 2.48. The van der Waals surface area contributed by atoms with Gasteiger partial charge in [-0.15, -0.1) is 0 Å². The summed E-state index contributed by atoms with van der Waals surface area (Å²) in [5, 5.41) is 0. The Labute approximate surface area is 128 Å². The van der Waals surface area contributed by atoms with E-state index < -0.39 is 0 Å². The lowest BCUT2D eigenvalue weighted by atomic mass is 9.66. The third-order valence-corrected chi connectivity index (χ3v) is 5.51. The molecule has 1 aromatic heterocycles. The van der Waals surface area contributed by atoms with E-state index in [1.54, 1.807) is 0 Å². The predicted octanol–water partition coefficient (Wildman–Crippen LogP) is 3.30. The Kier molecular flexibility index (Phi) is 4.32. The molecule has 1 aromatic rings. The Balaban J connectivity index is 1.55. The summed E-state index contributed by atoms with van der Waals surface area (Å²) in [6, 6.07) is 6.19. The number of hydrogen-bond donors (Lipinski definition) is 0. The molecule has 4 rings (SSSR count). The summed E-state index contributed by atoms with van der Waals surface area (Å²) in [6.07, 6.45) is 8.09. The highest BCUT2D eigenvalue weighted by molar-refractivity contribution is 5.04. The minimum Gasteiger partial charge on any atom is -0.375 e. The van der Waals surface area contributed by atoms with Crippen molar-refractivity contribution < 1.29 is 4.74 Å². The maximum Gasteiger partial charge on any atom is 0.0655 e. The maximum atomic E-state index is 6.14. The van der Waals surface area contributed by atoms with Crippen LogP contribution >= 0.6 is 0 Å². The summed E-state index contributed by atoms with van der Waals surface area (Å²) in [4.78, 5) is 7.02. The van der Waals surface area contributed by atoms with Crippen molar-refractivity contribution in [3.63, 3.8) is 0 Å². The Morgan fingerprint density at radius 1 is 1.24 bits per heavy atom. The van der Waals surface area contributed by atoms with E-state index in [1.807, 2.05) is 12.3 Å². The second kappa shape index (κ2) is 6.05. The van der Waals surface area contributed by atoms with Crippen LogP contribution in [0.1, 0.15) is 45.2 Å². The van der Waals surface area contributed by atoms with Gasteiger partial charge in [-0.25, -0.2) is 0 Å². The minimum atomic E-state index is 0.187. The average Bonchev–Trinajstić information content (AvgIpc) is 2.54.